The van der Waals surface area contributed by atoms with Crippen molar-refractivity contribution < 1.29 is 9.53 Å². The summed E-state index contributed by atoms with van der Waals surface area (Å²) in [6.07, 6.45) is 12.9. The normalized spacial score (nSPS) is 19.9. The van der Waals surface area contributed by atoms with E-state index in [0.717, 1.165) is 5.75 Å². The molecule has 0 amide bonds. The Hall–Kier alpha value is -1.57. The van der Waals surface area contributed by atoms with E-state index in [1.807, 2.05) is 6.07 Å². The van der Waals surface area contributed by atoms with Gasteiger partial charge in [0, 0.05) is 11.1 Å². The van der Waals surface area contributed by atoms with Crippen LogP contribution in [0.25, 0.3) is 0 Å². The van der Waals surface area contributed by atoms with Gasteiger partial charge >= 0.3 is 5.97 Å². The molecule has 0 radical (unpaired) electrons. The maximum atomic E-state index is 12.1. The van der Waals surface area contributed by atoms with Crippen LogP contribution in [0, 0.1) is 0 Å². The standard InChI is InChI=1S/C22H30O2/c1-16(2)22(23)24-20-15-9-14-19(17-10-5-3-6-11-17)21(20)18-12-7-4-8-13-18/h9,14-15,17-18H,1,3-8,10-13H2,2H3. The van der Waals surface area contributed by atoms with Gasteiger partial charge in [-0.05, 0) is 56.1 Å². The molecule has 0 saturated heterocycles. The fourth-order valence-electron chi connectivity index (χ4n) is 4.43. The zero-order valence-corrected chi connectivity index (χ0v) is 15.0. The highest BCUT2D eigenvalue weighted by atomic mass is 16.5. The Bertz CT molecular complexity index is 590. The largest absolute Gasteiger partial charge is 0.423 e. The van der Waals surface area contributed by atoms with Gasteiger partial charge < -0.3 is 4.74 Å². The minimum atomic E-state index is -0.298. The zero-order valence-electron chi connectivity index (χ0n) is 15.0. The molecular formula is C22H30O2. The number of benzene rings is 1. The van der Waals surface area contributed by atoms with Crippen LogP contribution in [-0.2, 0) is 4.79 Å². The van der Waals surface area contributed by atoms with E-state index in [1.165, 1.54) is 75.3 Å². The molecule has 3 rings (SSSR count). The summed E-state index contributed by atoms with van der Waals surface area (Å²) in [5.74, 6) is 1.68. The van der Waals surface area contributed by atoms with Gasteiger partial charge in [-0.15, -0.1) is 0 Å². The van der Waals surface area contributed by atoms with E-state index < -0.39 is 0 Å². The second-order valence-corrected chi connectivity index (χ2v) is 7.60. The molecule has 0 spiro atoms. The lowest BCUT2D eigenvalue weighted by atomic mass is 9.75. The van der Waals surface area contributed by atoms with E-state index in [0.29, 0.717) is 17.4 Å². The van der Waals surface area contributed by atoms with E-state index in [2.05, 4.69) is 18.7 Å². The van der Waals surface area contributed by atoms with Crippen molar-refractivity contribution in [2.75, 3.05) is 0 Å². The number of hydrogen-bond donors (Lipinski definition) is 0. The van der Waals surface area contributed by atoms with Crippen molar-refractivity contribution in [1.82, 2.24) is 0 Å². The molecule has 130 valence electrons. The van der Waals surface area contributed by atoms with Crippen molar-refractivity contribution in [3.05, 3.63) is 41.5 Å². The van der Waals surface area contributed by atoms with Gasteiger partial charge in [-0.3, -0.25) is 0 Å². The van der Waals surface area contributed by atoms with Crippen LogP contribution < -0.4 is 4.74 Å². The fraction of sp³-hybridized carbons (Fsp3) is 0.591. The lowest BCUT2D eigenvalue weighted by Crippen LogP contribution is -2.16. The number of rotatable bonds is 4. The summed E-state index contributed by atoms with van der Waals surface area (Å²) in [5.41, 5.74) is 3.25. The average Bonchev–Trinajstić information content (AvgIpc) is 2.63. The predicted octanol–water partition coefficient (Wildman–Crippen LogP) is 6.26. The van der Waals surface area contributed by atoms with E-state index >= 15 is 0 Å². The van der Waals surface area contributed by atoms with Crippen LogP contribution in [0.15, 0.2) is 30.4 Å². The first-order valence-electron chi connectivity index (χ1n) is 9.67. The molecule has 1 aromatic rings. The topological polar surface area (TPSA) is 26.3 Å². The smallest absolute Gasteiger partial charge is 0.338 e. The summed E-state index contributed by atoms with van der Waals surface area (Å²) in [5, 5.41) is 0. The fourth-order valence-corrected chi connectivity index (χ4v) is 4.43. The molecule has 0 heterocycles. The minimum Gasteiger partial charge on any atom is -0.423 e. The SMILES string of the molecule is C=C(C)C(=O)Oc1cccc(C2CCCCC2)c1C1CCCCC1. The molecule has 2 fully saturated rings. The Morgan fingerprint density at radius 2 is 1.54 bits per heavy atom. The Kier molecular flexibility index (Phi) is 5.76. The lowest BCUT2D eigenvalue weighted by molar-refractivity contribution is -0.130. The number of hydrogen-bond acceptors (Lipinski definition) is 2. The number of esters is 1. The predicted molar refractivity (Wildman–Crippen MR) is 98.5 cm³/mol. The molecule has 2 saturated carbocycles. The number of carbonyl (C=O) groups is 1. The molecule has 0 atom stereocenters. The van der Waals surface area contributed by atoms with Gasteiger partial charge in [-0.2, -0.15) is 0 Å². The third-order valence-corrected chi connectivity index (χ3v) is 5.71. The van der Waals surface area contributed by atoms with Crippen LogP contribution in [-0.4, -0.2) is 5.97 Å². The molecular weight excluding hydrogens is 296 g/mol. The van der Waals surface area contributed by atoms with Crippen LogP contribution in [0.4, 0.5) is 0 Å². The summed E-state index contributed by atoms with van der Waals surface area (Å²) in [6.45, 7) is 5.45. The maximum absolute atomic E-state index is 12.1. The van der Waals surface area contributed by atoms with Gasteiger partial charge in [0.2, 0.25) is 0 Å². The molecule has 2 heteroatoms. The summed E-state index contributed by atoms with van der Waals surface area (Å²) in [7, 11) is 0. The first-order chi connectivity index (χ1) is 11.7. The van der Waals surface area contributed by atoms with Gasteiger partial charge in [-0.1, -0.05) is 57.2 Å². The van der Waals surface area contributed by atoms with Crippen LogP contribution >= 0.6 is 0 Å². The van der Waals surface area contributed by atoms with Gasteiger partial charge in [0.1, 0.15) is 5.75 Å². The number of carbonyl (C=O) groups excluding carboxylic acids is 1. The van der Waals surface area contributed by atoms with Gasteiger partial charge in [-0.25, -0.2) is 4.79 Å². The average molecular weight is 326 g/mol. The molecule has 0 aliphatic heterocycles. The van der Waals surface area contributed by atoms with Gasteiger partial charge in [0.15, 0.2) is 0 Å². The van der Waals surface area contributed by atoms with Crippen LogP contribution in [0.5, 0.6) is 5.75 Å². The molecule has 0 unspecified atom stereocenters. The molecule has 0 aromatic heterocycles. The maximum Gasteiger partial charge on any atom is 0.338 e. The highest BCUT2D eigenvalue weighted by molar-refractivity contribution is 5.89. The highest BCUT2D eigenvalue weighted by Gasteiger charge is 2.27. The molecule has 0 bridgehead atoms. The summed E-state index contributed by atoms with van der Waals surface area (Å²) in [6, 6.07) is 6.34. The van der Waals surface area contributed by atoms with E-state index in [9.17, 15) is 4.79 Å². The highest BCUT2D eigenvalue weighted by Crippen LogP contribution is 2.44. The van der Waals surface area contributed by atoms with Crippen molar-refractivity contribution in [3.8, 4) is 5.75 Å². The monoisotopic (exact) mass is 326 g/mol. The number of ether oxygens (including phenoxy) is 1. The van der Waals surface area contributed by atoms with Crippen LogP contribution in [0.1, 0.15) is 94.1 Å². The van der Waals surface area contributed by atoms with Crippen molar-refractivity contribution in [1.29, 1.82) is 0 Å². The zero-order chi connectivity index (χ0) is 16.9. The quantitative estimate of drug-likeness (QED) is 0.370. The van der Waals surface area contributed by atoms with Crippen LogP contribution in [0.2, 0.25) is 0 Å². The molecule has 24 heavy (non-hydrogen) atoms. The van der Waals surface area contributed by atoms with Crippen molar-refractivity contribution in [2.45, 2.75) is 83.0 Å². The Balaban J connectivity index is 1.97. The Labute approximate surface area is 146 Å². The van der Waals surface area contributed by atoms with Gasteiger partial charge in [0.25, 0.3) is 0 Å². The first kappa shape index (κ1) is 17.3. The summed E-state index contributed by atoms with van der Waals surface area (Å²) < 4.78 is 5.75. The molecule has 1 aromatic carbocycles. The van der Waals surface area contributed by atoms with E-state index in [-0.39, 0.29) is 5.97 Å². The first-order valence-corrected chi connectivity index (χ1v) is 9.67. The minimum absolute atomic E-state index is 0.298. The molecule has 2 nitrogen and oxygen atoms in total. The summed E-state index contributed by atoms with van der Waals surface area (Å²) >= 11 is 0. The van der Waals surface area contributed by atoms with Crippen LogP contribution in [0.3, 0.4) is 0 Å². The second-order valence-electron chi connectivity index (χ2n) is 7.60. The van der Waals surface area contributed by atoms with Gasteiger partial charge in [0.05, 0.1) is 0 Å². The van der Waals surface area contributed by atoms with E-state index in [1.54, 1.807) is 6.92 Å². The summed E-state index contributed by atoms with van der Waals surface area (Å²) in [4.78, 5) is 12.1. The molecule has 0 N–H and O–H groups in total. The molecule has 2 aliphatic rings. The third kappa shape index (κ3) is 3.91. The van der Waals surface area contributed by atoms with Crippen molar-refractivity contribution >= 4 is 5.97 Å². The van der Waals surface area contributed by atoms with Crippen molar-refractivity contribution in [3.63, 3.8) is 0 Å². The van der Waals surface area contributed by atoms with Crippen molar-refractivity contribution in [2.24, 2.45) is 0 Å². The Morgan fingerprint density at radius 1 is 0.958 bits per heavy atom. The lowest BCUT2D eigenvalue weighted by Gasteiger charge is -2.31. The second kappa shape index (κ2) is 8.00. The Morgan fingerprint density at radius 3 is 2.12 bits per heavy atom. The molecule has 2 aliphatic carbocycles. The van der Waals surface area contributed by atoms with E-state index in [4.69, 9.17) is 4.74 Å². The third-order valence-electron chi connectivity index (χ3n) is 5.71.